The summed E-state index contributed by atoms with van der Waals surface area (Å²) in [5.74, 6) is 0.0737. The van der Waals surface area contributed by atoms with E-state index in [1.165, 1.54) is 51.6 Å². The molecule has 0 unspecified atom stereocenters. The first kappa shape index (κ1) is 14.9. The molecule has 1 aromatic rings. The summed E-state index contributed by atoms with van der Waals surface area (Å²) in [6, 6.07) is 5.71. The Balaban J connectivity index is 1.61. The molecular formula is C17H24ClN3. The highest BCUT2D eigenvalue weighted by atomic mass is 35.5. The van der Waals surface area contributed by atoms with E-state index in [-0.39, 0.29) is 5.84 Å². The Morgan fingerprint density at radius 2 is 1.86 bits per heavy atom. The monoisotopic (exact) mass is 305 g/mol. The summed E-state index contributed by atoms with van der Waals surface area (Å²) >= 11 is 6.33. The lowest BCUT2D eigenvalue weighted by molar-refractivity contribution is 0.103. The number of nitrogens with one attached hydrogen (secondary N) is 1. The van der Waals surface area contributed by atoms with Crippen LogP contribution in [-0.4, -0.2) is 23.8 Å². The molecule has 0 amide bonds. The van der Waals surface area contributed by atoms with Gasteiger partial charge in [-0.15, -0.1) is 0 Å². The molecule has 3 N–H and O–H groups in total. The van der Waals surface area contributed by atoms with E-state index in [0.29, 0.717) is 11.0 Å². The van der Waals surface area contributed by atoms with Crippen LogP contribution in [0.25, 0.3) is 0 Å². The summed E-state index contributed by atoms with van der Waals surface area (Å²) in [7, 11) is 0. The van der Waals surface area contributed by atoms with Gasteiger partial charge in [0, 0.05) is 17.1 Å². The number of likely N-dealkylation sites (tertiary alicyclic amines) is 1. The molecule has 1 aliphatic carbocycles. The van der Waals surface area contributed by atoms with Crippen LogP contribution in [0.4, 0.5) is 0 Å². The van der Waals surface area contributed by atoms with Crippen LogP contribution >= 0.6 is 11.6 Å². The zero-order valence-corrected chi connectivity index (χ0v) is 13.3. The van der Waals surface area contributed by atoms with Gasteiger partial charge in [0.15, 0.2) is 0 Å². The fourth-order valence-electron chi connectivity index (χ4n) is 3.89. The lowest BCUT2D eigenvalue weighted by Crippen LogP contribution is -2.38. The minimum absolute atomic E-state index is 0.0737. The predicted octanol–water partition coefficient (Wildman–Crippen LogP) is 3.78. The average molecular weight is 306 g/mol. The normalized spacial score (nSPS) is 21.8. The Hall–Kier alpha value is -1.06. The Morgan fingerprint density at radius 3 is 2.43 bits per heavy atom. The van der Waals surface area contributed by atoms with E-state index in [2.05, 4.69) is 4.90 Å². The summed E-state index contributed by atoms with van der Waals surface area (Å²) in [6.07, 6.45) is 8.42. The lowest BCUT2D eigenvalue weighted by Gasteiger charge is -2.39. The van der Waals surface area contributed by atoms with E-state index in [4.69, 9.17) is 22.7 Å². The predicted molar refractivity (Wildman–Crippen MR) is 87.9 cm³/mol. The first-order chi connectivity index (χ1) is 10.1. The number of nitrogens with zero attached hydrogens (tertiary/aromatic N) is 1. The molecule has 1 saturated heterocycles. The molecule has 1 aliphatic heterocycles. The second-order valence-electron chi connectivity index (χ2n) is 6.70. The maximum atomic E-state index is 7.46. The summed E-state index contributed by atoms with van der Waals surface area (Å²) < 4.78 is 0. The zero-order valence-electron chi connectivity index (χ0n) is 12.5. The third kappa shape index (κ3) is 3.24. The highest BCUT2D eigenvalue weighted by Crippen LogP contribution is 2.46. The van der Waals surface area contributed by atoms with Gasteiger partial charge in [-0.25, -0.2) is 0 Å². The van der Waals surface area contributed by atoms with Gasteiger partial charge in [0.2, 0.25) is 0 Å². The van der Waals surface area contributed by atoms with E-state index < -0.39 is 0 Å². The van der Waals surface area contributed by atoms with Crippen molar-refractivity contribution >= 4 is 17.4 Å². The van der Waals surface area contributed by atoms with Crippen molar-refractivity contribution in [2.75, 3.05) is 13.1 Å². The van der Waals surface area contributed by atoms with Crippen LogP contribution in [0.5, 0.6) is 0 Å². The summed E-state index contributed by atoms with van der Waals surface area (Å²) in [4.78, 5) is 2.51. The molecule has 0 atom stereocenters. The zero-order chi connectivity index (χ0) is 14.9. The Morgan fingerprint density at radius 1 is 1.19 bits per heavy atom. The molecule has 0 bridgehead atoms. The van der Waals surface area contributed by atoms with Crippen molar-refractivity contribution in [1.29, 1.82) is 5.41 Å². The fraction of sp³-hybridized carbons (Fsp3) is 0.588. The summed E-state index contributed by atoms with van der Waals surface area (Å²) in [5, 5.41) is 8.18. The third-order valence-electron chi connectivity index (χ3n) is 5.34. The number of benzene rings is 1. The number of halogens is 1. The highest BCUT2D eigenvalue weighted by molar-refractivity contribution is 6.31. The molecule has 0 aromatic heterocycles. The number of amidine groups is 1. The quantitative estimate of drug-likeness (QED) is 0.659. The minimum Gasteiger partial charge on any atom is -0.384 e. The van der Waals surface area contributed by atoms with Gasteiger partial charge in [-0.3, -0.25) is 10.3 Å². The van der Waals surface area contributed by atoms with E-state index in [9.17, 15) is 0 Å². The number of nitrogen functional groups attached to an aromatic ring is 1. The number of nitrogens with two attached hydrogens (primary N) is 1. The van der Waals surface area contributed by atoms with Gasteiger partial charge in [-0.2, -0.15) is 0 Å². The third-order valence-corrected chi connectivity index (χ3v) is 5.69. The molecule has 114 valence electrons. The van der Waals surface area contributed by atoms with Crippen LogP contribution in [-0.2, 0) is 6.54 Å². The molecule has 1 aromatic carbocycles. The second kappa shape index (κ2) is 5.98. The van der Waals surface area contributed by atoms with Crippen LogP contribution in [0.3, 0.4) is 0 Å². The van der Waals surface area contributed by atoms with Gasteiger partial charge < -0.3 is 5.73 Å². The minimum atomic E-state index is 0.0737. The molecule has 1 spiro atoms. The molecular weight excluding hydrogens is 282 g/mol. The van der Waals surface area contributed by atoms with Crippen molar-refractivity contribution in [2.24, 2.45) is 11.1 Å². The molecule has 1 heterocycles. The van der Waals surface area contributed by atoms with Gasteiger partial charge in [0.05, 0.1) is 0 Å². The molecule has 4 heteroatoms. The number of rotatable bonds is 3. The Labute approximate surface area is 132 Å². The van der Waals surface area contributed by atoms with Crippen molar-refractivity contribution in [1.82, 2.24) is 4.90 Å². The van der Waals surface area contributed by atoms with Gasteiger partial charge in [0.25, 0.3) is 0 Å². The van der Waals surface area contributed by atoms with Gasteiger partial charge in [-0.05, 0) is 55.8 Å². The van der Waals surface area contributed by atoms with Crippen LogP contribution in [0.1, 0.15) is 49.7 Å². The molecule has 2 fully saturated rings. The van der Waals surface area contributed by atoms with E-state index in [1.54, 1.807) is 0 Å². The van der Waals surface area contributed by atoms with Crippen molar-refractivity contribution in [2.45, 2.75) is 45.1 Å². The van der Waals surface area contributed by atoms with Crippen LogP contribution in [0.15, 0.2) is 18.2 Å². The van der Waals surface area contributed by atoms with Crippen molar-refractivity contribution in [3.63, 3.8) is 0 Å². The molecule has 1 saturated carbocycles. The first-order valence-corrected chi connectivity index (χ1v) is 8.31. The fourth-order valence-corrected chi connectivity index (χ4v) is 4.13. The van der Waals surface area contributed by atoms with Gasteiger partial charge >= 0.3 is 0 Å². The smallest absolute Gasteiger partial charge is 0.122 e. The molecule has 0 radical (unpaired) electrons. The molecule has 21 heavy (non-hydrogen) atoms. The van der Waals surface area contributed by atoms with Crippen LogP contribution in [0, 0.1) is 10.8 Å². The van der Waals surface area contributed by atoms with E-state index in [0.717, 1.165) is 17.1 Å². The Kier molecular flexibility index (Phi) is 4.23. The maximum Gasteiger partial charge on any atom is 0.122 e. The molecule has 3 rings (SSSR count). The SMILES string of the molecule is N=C(N)c1ccc(CN2CCC3(CCCC3)CC2)c(Cl)c1. The lowest BCUT2D eigenvalue weighted by atomic mass is 9.77. The van der Waals surface area contributed by atoms with Crippen molar-refractivity contribution in [3.05, 3.63) is 34.3 Å². The number of hydrogen-bond acceptors (Lipinski definition) is 2. The Bertz CT molecular complexity index is 525. The topological polar surface area (TPSA) is 53.1 Å². The van der Waals surface area contributed by atoms with Crippen molar-refractivity contribution < 1.29 is 0 Å². The molecule has 3 nitrogen and oxygen atoms in total. The van der Waals surface area contributed by atoms with Crippen LogP contribution < -0.4 is 5.73 Å². The largest absolute Gasteiger partial charge is 0.384 e. The van der Waals surface area contributed by atoms with E-state index >= 15 is 0 Å². The maximum absolute atomic E-state index is 7.46. The van der Waals surface area contributed by atoms with Crippen molar-refractivity contribution in [3.8, 4) is 0 Å². The molecule has 2 aliphatic rings. The first-order valence-electron chi connectivity index (χ1n) is 7.93. The average Bonchev–Trinajstić information content (AvgIpc) is 2.92. The summed E-state index contributed by atoms with van der Waals surface area (Å²) in [6.45, 7) is 3.28. The number of hydrogen-bond donors (Lipinski definition) is 2. The summed E-state index contributed by atoms with van der Waals surface area (Å²) in [5.41, 5.74) is 8.01. The van der Waals surface area contributed by atoms with Gasteiger partial charge in [0.1, 0.15) is 5.84 Å². The van der Waals surface area contributed by atoms with E-state index in [1.807, 2.05) is 18.2 Å². The van der Waals surface area contributed by atoms with Gasteiger partial charge in [-0.1, -0.05) is 36.6 Å². The van der Waals surface area contributed by atoms with Crippen LogP contribution in [0.2, 0.25) is 5.02 Å². The standard InChI is InChI=1S/C17H24ClN3/c18-15-11-13(16(19)20)3-4-14(15)12-21-9-7-17(8-10-21)5-1-2-6-17/h3-4,11H,1-2,5-10,12H2,(H3,19,20). The number of piperidine rings is 1. The second-order valence-corrected chi connectivity index (χ2v) is 7.11. The highest BCUT2D eigenvalue weighted by Gasteiger charge is 2.36.